The molecule has 0 aliphatic carbocycles. The maximum atomic E-state index is 10.6. The molecule has 0 atom stereocenters. The molecule has 0 amide bonds. The van der Waals surface area contributed by atoms with E-state index < -0.39 is 11.2 Å². The van der Waals surface area contributed by atoms with Crippen LogP contribution in [0.4, 0.5) is 0 Å². The highest BCUT2D eigenvalue weighted by Crippen LogP contribution is 2.39. The largest absolute Gasteiger partial charge is 0.625 e. The Morgan fingerprint density at radius 1 is 0.735 bits per heavy atom. The van der Waals surface area contributed by atoms with Crippen molar-refractivity contribution in [1.82, 2.24) is 0 Å². The molecule has 1 aromatic heterocycles. The van der Waals surface area contributed by atoms with Gasteiger partial charge in [-0.25, -0.2) is 0 Å². The first kappa shape index (κ1) is 22.5. The van der Waals surface area contributed by atoms with Gasteiger partial charge in [0.2, 0.25) is 0 Å². The van der Waals surface area contributed by atoms with Crippen LogP contribution in [-0.4, -0.2) is 28.4 Å². The van der Waals surface area contributed by atoms with Gasteiger partial charge in [0.05, 0.1) is 0 Å². The summed E-state index contributed by atoms with van der Waals surface area (Å²) in [7, 11) is 1.87. The molecular weight excluding hydrogens is 419 g/mol. The van der Waals surface area contributed by atoms with Crippen molar-refractivity contribution < 1.29 is 14.2 Å². The van der Waals surface area contributed by atoms with Crippen LogP contribution in [0.3, 0.4) is 0 Å². The lowest BCUT2D eigenvalue weighted by Crippen LogP contribution is -2.51. The number of fused-ring (bicyclic) bond motifs is 3. The Morgan fingerprint density at radius 3 is 2.03 bits per heavy atom. The molecule has 0 fully saturated rings. The van der Waals surface area contributed by atoms with E-state index >= 15 is 0 Å². The molecule has 2 N–H and O–H groups in total. The Bertz CT molecular complexity index is 1450. The van der Waals surface area contributed by atoms with Crippen molar-refractivity contribution in [2.45, 2.75) is 38.9 Å². The van der Waals surface area contributed by atoms with E-state index in [9.17, 15) is 5.11 Å². The van der Waals surface area contributed by atoms with Gasteiger partial charge in [-0.1, -0.05) is 72.8 Å². The number of hydrogen-bond acceptors (Lipinski definition) is 2. The van der Waals surface area contributed by atoms with Crippen LogP contribution in [0.25, 0.3) is 44.2 Å². The Balaban J connectivity index is 1.73. The van der Waals surface area contributed by atoms with Crippen LogP contribution in [0.2, 0.25) is 0 Å². The summed E-state index contributed by atoms with van der Waals surface area (Å²) in [4.78, 5) is 0. The van der Waals surface area contributed by atoms with E-state index in [-0.39, 0.29) is 0 Å². The zero-order chi connectivity index (χ0) is 23.9. The summed E-state index contributed by atoms with van der Waals surface area (Å²) in [6, 6.07) is 31.2. The zero-order valence-electron chi connectivity index (χ0n) is 20.0. The van der Waals surface area contributed by atoms with Gasteiger partial charge in [-0.2, -0.15) is 0 Å². The summed E-state index contributed by atoms with van der Waals surface area (Å²) in [5.41, 5.74) is 5.54. The molecule has 0 saturated carbocycles. The Hall–Kier alpha value is -3.34. The molecule has 0 aliphatic rings. The third-order valence-electron chi connectivity index (χ3n) is 6.84. The molecule has 4 heteroatoms. The van der Waals surface area contributed by atoms with Gasteiger partial charge >= 0.3 is 7.48 Å². The van der Waals surface area contributed by atoms with Crippen LogP contribution in [0.1, 0.15) is 27.7 Å². The van der Waals surface area contributed by atoms with E-state index in [2.05, 4.69) is 66.7 Å². The van der Waals surface area contributed by atoms with Gasteiger partial charge in [-0.05, 0) is 48.7 Å². The molecule has 0 saturated heterocycles. The molecule has 169 valence electrons. The minimum atomic E-state index is -0.948. The van der Waals surface area contributed by atoms with Crippen molar-refractivity contribution in [3.63, 3.8) is 0 Å². The summed E-state index contributed by atoms with van der Waals surface area (Å²) >= 11 is 0. The highest BCUT2D eigenvalue weighted by atomic mass is 16.5. The smallest absolute Gasteiger partial charge is 0.530 e. The summed E-state index contributed by atoms with van der Waals surface area (Å²) in [5, 5.41) is 12.6. The number of hydrogen-bond donors (Lipinski definition) is 1. The Labute approximate surface area is 201 Å². The summed E-state index contributed by atoms with van der Waals surface area (Å²) < 4.78 is 11.2. The van der Waals surface area contributed by atoms with Crippen LogP contribution in [0, 0.1) is 0 Å². The second-order valence-corrected chi connectivity index (χ2v) is 9.83. The van der Waals surface area contributed by atoms with Gasteiger partial charge in [-0.3, -0.25) is 0 Å². The summed E-state index contributed by atoms with van der Waals surface area (Å²) in [6.45, 7) is 7.46. The molecule has 0 aliphatic heterocycles. The minimum Gasteiger partial charge on any atom is -0.530 e. The van der Waals surface area contributed by atoms with E-state index in [4.69, 9.17) is 9.07 Å². The average molecular weight is 448 g/mol. The number of rotatable bonds is 6. The van der Waals surface area contributed by atoms with Crippen LogP contribution < -0.4 is 5.46 Å². The third kappa shape index (κ3) is 4.04. The van der Waals surface area contributed by atoms with Gasteiger partial charge in [0.1, 0.15) is 16.8 Å². The fraction of sp³-hybridized carbons (Fsp3) is 0.200. The molecule has 3 nitrogen and oxygen atoms in total. The molecular formula is C30H29BO3+. The highest BCUT2D eigenvalue weighted by molar-refractivity contribution is 6.52. The number of aliphatic hydroxyl groups is 2. The van der Waals surface area contributed by atoms with Crippen molar-refractivity contribution in [3.05, 3.63) is 91.0 Å². The highest BCUT2D eigenvalue weighted by Gasteiger charge is 2.41. The maximum Gasteiger partial charge on any atom is 0.625 e. The third-order valence-corrected chi connectivity index (χ3v) is 6.84. The van der Waals surface area contributed by atoms with Crippen molar-refractivity contribution in [1.29, 1.82) is 0 Å². The van der Waals surface area contributed by atoms with Crippen molar-refractivity contribution in [3.8, 4) is 22.3 Å². The normalized spacial score (nSPS) is 12.4. The molecule has 0 spiro atoms. The second kappa shape index (κ2) is 8.46. The predicted molar refractivity (Wildman–Crippen MR) is 143 cm³/mol. The minimum absolute atomic E-state index is 0.640. The van der Waals surface area contributed by atoms with Crippen molar-refractivity contribution in [2.24, 2.45) is 0 Å². The molecule has 34 heavy (non-hydrogen) atoms. The van der Waals surface area contributed by atoms with E-state index in [0.29, 0.717) is 0 Å². The zero-order valence-corrected chi connectivity index (χ0v) is 20.0. The number of furan rings is 1. The van der Waals surface area contributed by atoms with Crippen LogP contribution in [0.5, 0.6) is 0 Å². The van der Waals surface area contributed by atoms with Crippen molar-refractivity contribution >= 4 is 34.9 Å². The molecule has 1 heterocycles. The summed E-state index contributed by atoms with van der Waals surface area (Å²) in [5.74, 6) is 0. The summed E-state index contributed by atoms with van der Waals surface area (Å²) in [6.07, 6.45) is 0. The SMILES string of the molecule is CC(C)(O)C(C)(C)[OH+][B]c1cccc2oc3c(-c4ccccc4)cc(-c4ccccc4)cc3c12. The molecule has 4 aromatic carbocycles. The average Bonchev–Trinajstić information content (AvgIpc) is 3.22. The van der Waals surface area contributed by atoms with Gasteiger partial charge in [0.15, 0.2) is 5.60 Å². The van der Waals surface area contributed by atoms with Crippen LogP contribution >= 0.6 is 0 Å². The van der Waals surface area contributed by atoms with E-state index in [0.717, 1.165) is 49.7 Å². The second-order valence-electron chi connectivity index (χ2n) is 9.83. The quantitative estimate of drug-likeness (QED) is 0.247. The van der Waals surface area contributed by atoms with E-state index in [1.807, 2.05) is 45.6 Å². The fourth-order valence-electron chi connectivity index (χ4n) is 4.08. The first-order valence-electron chi connectivity index (χ1n) is 11.6. The predicted octanol–water partition coefficient (Wildman–Crippen LogP) is 6.24. The number of benzene rings is 4. The van der Waals surface area contributed by atoms with Gasteiger partial charge < -0.3 is 14.2 Å². The first-order valence-corrected chi connectivity index (χ1v) is 11.6. The topological polar surface area (TPSA) is 46.2 Å². The first-order chi connectivity index (χ1) is 16.2. The van der Waals surface area contributed by atoms with Gasteiger partial charge in [0.25, 0.3) is 0 Å². The lowest BCUT2D eigenvalue weighted by molar-refractivity contribution is -0.157. The van der Waals surface area contributed by atoms with Crippen LogP contribution in [-0.2, 0) is 0 Å². The fourth-order valence-corrected chi connectivity index (χ4v) is 4.08. The van der Waals surface area contributed by atoms with Crippen molar-refractivity contribution in [2.75, 3.05) is 0 Å². The lowest BCUT2D eigenvalue weighted by atomic mass is 9.80. The van der Waals surface area contributed by atoms with Gasteiger partial charge in [0, 0.05) is 35.6 Å². The lowest BCUT2D eigenvalue weighted by Gasteiger charge is -2.33. The van der Waals surface area contributed by atoms with Gasteiger partial charge in [-0.15, -0.1) is 0 Å². The Morgan fingerprint density at radius 2 is 1.38 bits per heavy atom. The molecule has 5 rings (SSSR count). The monoisotopic (exact) mass is 448 g/mol. The molecule has 0 unspecified atom stereocenters. The van der Waals surface area contributed by atoms with E-state index in [1.54, 1.807) is 13.8 Å². The molecule has 5 aromatic rings. The van der Waals surface area contributed by atoms with Crippen LogP contribution in [0.15, 0.2) is 95.4 Å². The standard InChI is InChI=1S/C30H29BO3/c1-29(2,32)30(3,4)34-31-25-16-11-17-26-27(25)24-19-22(20-12-7-5-8-13-20)18-23(28(24)33-26)21-14-9-6-10-15-21/h5-19,32,34H,1-4H3/q+1. The Kier molecular flexibility index (Phi) is 5.59. The molecule has 0 bridgehead atoms. The maximum absolute atomic E-state index is 10.6. The van der Waals surface area contributed by atoms with E-state index in [1.165, 1.54) is 0 Å². The molecule has 1 radical (unpaired) electrons.